The van der Waals surface area contributed by atoms with Crippen LogP contribution >= 0.6 is 11.3 Å². The number of nitrogens with one attached hydrogen (secondary N) is 1. The van der Waals surface area contributed by atoms with E-state index in [2.05, 4.69) is 15.5 Å². The van der Waals surface area contributed by atoms with Gasteiger partial charge in [0.25, 0.3) is 5.91 Å². The molecule has 1 heterocycles. The largest absolute Gasteiger partial charge is 0.374 e. The summed E-state index contributed by atoms with van der Waals surface area (Å²) < 4.78 is 0. The summed E-state index contributed by atoms with van der Waals surface area (Å²) in [7, 11) is 0. The zero-order valence-electron chi connectivity index (χ0n) is 9.09. The van der Waals surface area contributed by atoms with Crippen molar-refractivity contribution < 1.29 is 4.79 Å². The summed E-state index contributed by atoms with van der Waals surface area (Å²) in [6.07, 6.45) is 0.646. The highest BCUT2D eigenvalue weighted by atomic mass is 32.1. The molecule has 0 fully saturated rings. The van der Waals surface area contributed by atoms with Gasteiger partial charge in [0.05, 0.1) is 0 Å². The first-order valence-electron chi connectivity index (χ1n) is 5.17. The number of hydrogen-bond acceptors (Lipinski definition) is 5. The summed E-state index contributed by atoms with van der Waals surface area (Å²) in [4.78, 5) is 11.7. The van der Waals surface area contributed by atoms with Crippen LogP contribution in [-0.4, -0.2) is 22.6 Å². The van der Waals surface area contributed by atoms with Crippen LogP contribution in [0.3, 0.4) is 0 Å². The van der Waals surface area contributed by atoms with Gasteiger partial charge in [0.2, 0.25) is 5.13 Å². The lowest BCUT2D eigenvalue weighted by Gasteiger charge is -2.02. The van der Waals surface area contributed by atoms with E-state index in [1.165, 1.54) is 11.3 Å². The molecule has 6 heteroatoms. The van der Waals surface area contributed by atoms with Crippen LogP contribution in [0.5, 0.6) is 0 Å². The van der Waals surface area contributed by atoms with Gasteiger partial charge in [-0.2, -0.15) is 0 Å². The van der Waals surface area contributed by atoms with Gasteiger partial charge >= 0.3 is 0 Å². The topological polar surface area (TPSA) is 80.9 Å². The van der Waals surface area contributed by atoms with Gasteiger partial charge in [-0.1, -0.05) is 29.5 Å². The number of anilines is 1. The quantitative estimate of drug-likeness (QED) is 0.848. The Morgan fingerprint density at radius 1 is 1.29 bits per heavy atom. The van der Waals surface area contributed by atoms with E-state index in [1.54, 1.807) is 12.1 Å². The predicted molar refractivity (Wildman–Crippen MR) is 66.8 cm³/mol. The van der Waals surface area contributed by atoms with Crippen molar-refractivity contribution in [3.8, 4) is 0 Å². The third-order valence-corrected chi connectivity index (χ3v) is 2.96. The highest BCUT2D eigenvalue weighted by molar-refractivity contribution is 7.15. The van der Waals surface area contributed by atoms with Crippen molar-refractivity contribution >= 4 is 22.4 Å². The van der Waals surface area contributed by atoms with E-state index < -0.39 is 0 Å². The normalized spacial score (nSPS) is 10.1. The molecule has 17 heavy (non-hydrogen) atoms. The summed E-state index contributed by atoms with van der Waals surface area (Å²) in [5.41, 5.74) is 6.12. The van der Waals surface area contributed by atoms with Crippen LogP contribution in [0.2, 0.25) is 0 Å². The van der Waals surface area contributed by atoms with Crippen molar-refractivity contribution in [2.75, 3.05) is 12.3 Å². The smallest absolute Gasteiger partial charge is 0.251 e. The van der Waals surface area contributed by atoms with E-state index in [9.17, 15) is 4.79 Å². The monoisotopic (exact) mass is 248 g/mol. The zero-order valence-corrected chi connectivity index (χ0v) is 9.91. The lowest BCUT2D eigenvalue weighted by molar-refractivity contribution is 0.0954. The minimum atomic E-state index is -0.0805. The molecular formula is C11H12N4OS. The van der Waals surface area contributed by atoms with Gasteiger partial charge in [-0.3, -0.25) is 4.79 Å². The second-order valence-corrected chi connectivity index (χ2v) is 4.50. The molecule has 0 aliphatic heterocycles. The van der Waals surface area contributed by atoms with Crippen molar-refractivity contribution in [3.05, 3.63) is 40.9 Å². The molecule has 0 unspecified atom stereocenters. The predicted octanol–water partition coefficient (Wildman–Crippen LogP) is 1.09. The van der Waals surface area contributed by atoms with Crippen LogP contribution in [0.15, 0.2) is 30.3 Å². The molecule has 0 aliphatic carbocycles. The van der Waals surface area contributed by atoms with Crippen molar-refractivity contribution in [3.63, 3.8) is 0 Å². The van der Waals surface area contributed by atoms with Crippen LogP contribution in [0.1, 0.15) is 15.4 Å². The van der Waals surface area contributed by atoms with Gasteiger partial charge in [-0.25, -0.2) is 0 Å². The van der Waals surface area contributed by atoms with Gasteiger partial charge in [0.1, 0.15) is 5.01 Å². The lowest BCUT2D eigenvalue weighted by Crippen LogP contribution is -2.25. The Labute approximate surface area is 103 Å². The first kappa shape index (κ1) is 11.5. The lowest BCUT2D eigenvalue weighted by atomic mass is 10.2. The summed E-state index contributed by atoms with van der Waals surface area (Å²) in [5.74, 6) is -0.0805. The van der Waals surface area contributed by atoms with E-state index in [-0.39, 0.29) is 5.91 Å². The van der Waals surface area contributed by atoms with Crippen LogP contribution in [-0.2, 0) is 6.42 Å². The van der Waals surface area contributed by atoms with E-state index >= 15 is 0 Å². The molecule has 0 radical (unpaired) electrons. The number of benzene rings is 1. The molecule has 0 spiro atoms. The second-order valence-electron chi connectivity index (χ2n) is 3.41. The third kappa shape index (κ3) is 3.25. The van der Waals surface area contributed by atoms with Crippen LogP contribution in [0, 0.1) is 0 Å². The van der Waals surface area contributed by atoms with Gasteiger partial charge in [-0.05, 0) is 12.1 Å². The molecule has 1 aromatic heterocycles. The number of rotatable bonds is 4. The fourth-order valence-electron chi connectivity index (χ4n) is 1.34. The molecule has 5 nitrogen and oxygen atoms in total. The Morgan fingerprint density at radius 2 is 2.06 bits per heavy atom. The third-order valence-electron chi connectivity index (χ3n) is 2.14. The summed E-state index contributed by atoms with van der Waals surface area (Å²) >= 11 is 1.34. The number of nitrogens with two attached hydrogens (primary N) is 1. The second kappa shape index (κ2) is 5.40. The van der Waals surface area contributed by atoms with Gasteiger partial charge in [0, 0.05) is 18.5 Å². The maximum absolute atomic E-state index is 11.7. The van der Waals surface area contributed by atoms with Crippen molar-refractivity contribution in [1.29, 1.82) is 0 Å². The Hall–Kier alpha value is -1.95. The minimum absolute atomic E-state index is 0.0805. The fraction of sp³-hybridized carbons (Fsp3) is 0.182. The molecule has 0 atom stereocenters. The summed E-state index contributed by atoms with van der Waals surface area (Å²) in [5, 5.41) is 11.7. The molecule has 0 saturated carbocycles. The molecule has 1 amide bonds. The molecule has 1 aromatic carbocycles. The number of nitrogens with zero attached hydrogens (tertiary/aromatic N) is 2. The summed E-state index contributed by atoms with van der Waals surface area (Å²) in [6, 6.07) is 9.10. The Kier molecular flexibility index (Phi) is 3.66. The highest BCUT2D eigenvalue weighted by Crippen LogP contribution is 2.10. The summed E-state index contributed by atoms with van der Waals surface area (Å²) in [6.45, 7) is 0.530. The number of amides is 1. The van der Waals surface area contributed by atoms with E-state index in [0.29, 0.717) is 23.7 Å². The van der Waals surface area contributed by atoms with Gasteiger partial charge in [0.15, 0.2) is 0 Å². The Balaban J connectivity index is 1.81. The van der Waals surface area contributed by atoms with E-state index in [0.717, 1.165) is 5.01 Å². The standard InChI is InChI=1S/C11H12N4OS/c12-11-15-14-9(17-11)6-7-13-10(16)8-4-2-1-3-5-8/h1-5H,6-7H2,(H2,12,15)(H,13,16). The van der Waals surface area contributed by atoms with Gasteiger partial charge < -0.3 is 11.1 Å². The first-order chi connectivity index (χ1) is 8.25. The highest BCUT2D eigenvalue weighted by Gasteiger charge is 2.05. The molecule has 0 bridgehead atoms. The first-order valence-corrected chi connectivity index (χ1v) is 5.98. The number of carbonyl (C=O) groups excluding carboxylic acids is 1. The van der Waals surface area contributed by atoms with E-state index in [1.807, 2.05) is 18.2 Å². The van der Waals surface area contributed by atoms with Crippen LogP contribution in [0.25, 0.3) is 0 Å². The maximum atomic E-state index is 11.7. The SMILES string of the molecule is Nc1nnc(CCNC(=O)c2ccccc2)s1. The van der Waals surface area contributed by atoms with Crippen LogP contribution in [0.4, 0.5) is 5.13 Å². The average Bonchev–Trinajstić information content (AvgIpc) is 2.76. The van der Waals surface area contributed by atoms with Crippen molar-refractivity contribution in [1.82, 2.24) is 15.5 Å². The number of carbonyl (C=O) groups is 1. The van der Waals surface area contributed by atoms with Crippen molar-refractivity contribution in [2.24, 2.45) is 0 Å². The molecule has 0 saturated heterocycles. The molecule has 2 rings (SSSR count). The molecule has 2 aromatic rings. The fourth-order valence-corrected chi connectivity index (χ4v) is 1.95. The number of hydrogen-bond donors (Lipinski definition) is 2. The minimum Gasteiger partial charge on any atom is -0.374 e. The molecular weight excluding hydrogens is 236 g/mol. The van der Waals surface area contributed by atoms with E-state index in [4.69, 9.17) is 5.73 Å². The number of aromatic nitrogens is 2. The van der Waals surface area contributed by atoms with Gasteiger partial charge in [-0.15, -0.1) is 10.2 Å². The average molecular weight is 248 g/mol. The molecule has 0 aliphatic rings. The van der Waals surface area contributed by atoms with Crippen molar-refractivity contribution in [2.45, 2.75) is 6.42 Å². The Morgan fingerprint density at radius 3 is 2.71 bits per heavy atom. The zero-order chi connectivity index (χ0) is 12.1. The maximum Gasteiger partial charge on any atom is 0.251 e. The van der Waals surface area contributed by atoms with Crippen LogP contribution < -0.4 is 11.1 Å². The Bertz CT molecular complexity index is 497. The molecule has 88 valence electrons. The number of nitrogen functional groups attached to an aromatic ring is 1. The molecule has 3 N–H and O–H groups in total.